The van der Waals surface area contributed by atoms with Gasteiger partial charge in [-0.2, -0.15) is 5.01 Å². The van der Waals surface area contributed by atoms with Gasteiger partial charge >= 0.3 is 6.03 Å². The van der Waals surface area contributed by atoms with Gasteiger partial charge in [-0.15, -0.1) is 0 Å². The minimum Gasteiger partial charge on any atom is -0.276 e. The topological polar surface area (TPSA) is 69.7 Å². The minimum absolute atomic E-state index is 0.0999. The van der Waals surface area contributed by atoms with Crippen molar-refractivity contribution in [1.82, 2.24) is 15.3 Å². The van der Waals surface area contributed by atoms with Crippen LogP contribution < -0.4 is 5.32 Å². The second-order valence-corrected chi connectivity index (χ2v) is 5.98. The Morgan fingerprint density at radius 2 is 1.55 bits per heavy atom. The first-order valence-electron chi connectivity index (χ1n) is 7.62. The number of barbiturate groups is 1. The predicted octanol–water partition coefficient (Wildman–Crippen LogP) is 1.27. The van der Waals surface area contributed by atoms with Crippen molar-refractivity contribution in [2.24, 2.45) is 11.8 Å². The zero-order valence-corrected chi connectivity index (χ0v) is 11.6. The zero-order valence-electron chi connectivity index (χ0n) is 11.6. The number of nitrogens with zero attached hydrogens (tertiary/aromatic N) is 2. The zero-order chi connectivity index (χ0) is 14.1. The van der Waals surface area contributed by atoms with Gasteiger partial charge in [0, 0.05) is 13.1 Å². The Kier molecular flexibility index (Phi) is 3.74. The maximum atomic E-state index is 12.6. The lowest BCUT2D eigenvalue weighted by atomic mass is 9.88. The van der Waals surface area contributed by atoms with E-state index in [4.69, 9.17) is 0 Å². The fraction of sp³-hybridized carbons (Fsp3) is 0.786. The third-order valence-corrected chi connectivity index (χ3v) is 4.67. The molecule has 1 atom stereocenters. The fourth-order valence-electron chi connectivity index (χ4n) is 3.63. The second kappa shape index (κ2) is 5.52. The summed E-state index contributed by atoms with van der Waals surface area (Å²) in [6.45, 7) is 1.43. The molecule has 0 spiro atoms. The number of carbonyl (C=O) groups excluding carboxylic acids is 3. The molecule has 2 heterocycles. The number of hydrazine groups is 1. The van der Waals surface area contributed by atoms with Crippen molar-refractivity contribution in [3.05, 3.63) is 0 Å². The Balaban J connectivity index is 1.80. The van der Waals surface area contributed by atoms with E-state index in [-0.39, 0.29) is 11.8 Å². The number of urea groups is 1. The Bertz CT molecular complexity index is 425. The van der Waals surface area contributed by atoms with Crippen LogP contribution in [0.1, 0.15) is 44.9 Å². The first kappa shape index (κ1) is 13.5. The van der Waals surface area contributed by atoms with Crippen molar-refractivity contribution in [2.75, 3.05) is 13.1 Å². The maximum Gasteiger partial charge on any atom is 0.345 e. The van der Waals surface area contributed by atoms with Crippen LogP contribution in [0.3, 0.4) is 0 Å². The van der Waals surface area contributed by atoms with Crippen molar-refractivity contribution >= 4 is 17.8 Å². The van der Waals surface area contributed by atoms with Crippen molar-refractivity contribution < 1.29 is 14.4 Å². The number of imide groups is 2. The summed E-state index contributed by atoms with van der Waals surface area (Å²) in [5.74, 6) is -1.28. The molecule has 110 valence electrons. The van der Waals surface area contributed by atoms with Crippen LogP contribution in [0.25, 0.3) is 0 Å². The molecular weight excluding hydrogens is 258 g/mol. The van der Waals surface area contributed by atoms with E-state index in [0.717, 1.165) is 44.9 Å². The molecule has 4 amide bonds. The quantitative estimate of drug-likeness (QED) is 0.773. The highest BCUT2D eigenvalue weighted by atomic mass is 16.2. The van der Waals surface area contributed by atoms with Crippen LogP contribution in [0, 0.1) is 11.8 Å². The van der Waals surface area contributed by atoms with Crippen LogP contribution in [-0.4, -0.2) is 41.0 Å². The average molecular weight is 279 g/mol. The van der Waals surface area contributed by atoms with Crippen molar-refractivity contribution in [3.63, 3.8) is 0 Å². The lowest BCUT2D eigenvalue weighted by Gasteiger charge is -2.40. The summed E-state index contributed by atoms with van der Waals surface area (Å²) in [6, 6.07) is -0.573. The van der Waals surface area contributed by atoms with Crippen LogP contribution in [0.5, 0.6) is 0 Å². The number of piperidine rings is 1. The SMILES string of the molecule is O=C1NC(=O)N(N2CCCCC2)C(=O)C1C1CCCC1. The van der Waals surface area contributed by atoms with Crippen LogP contribution >= 0.6 is 0 Å². The van der Waals surface area contributed by atoms with Crippen LogP contribution in [0.15, 0.2) is 0 Å². The Hall–Kier alpha value is -1.43. The molecule has 0 aromatic heterocycles. The molecule has 1 aliphatic carbocycles. The fourth-order valence-corrected chi connectivity index (χ4v) is 3.63. The first-order chi connectivity index (χ1) is 9.68. The van der Waals surface area contributed by atoms with Gasteiger partial charge in [-0.25, -0.2) is 9.80 Å². The number of carbonyl (C=O) groups is 3. The van der Waals surface area contributed by atoms with Gasteiger partial charge in [0.2, 0.25) is 5.91 Å². The summed E-state index contributed by atoms with van der Waals surface area (Å²) < 4.78 is 0. The molecule has 1 N–H and O–H groups in total. The standard InChI is InChI=1S/C14H21N3O3/c18-12-11(10-6-2-3-7-10)13(19)17(14(20)15-12)16-8-4-1-5-9-16/h10-11H,1-9H2,(H,15,18,20). The minimum atomic E-state index is -0.669. The monoisotopic (exact) mass is 279 g/mol. The molecule has 0 aromatic rings. The third kappa shape index (κ3) is 2.32. The van der Waals surface area contributed by atoms with Crippen LogP contribution in [0.2, 0.25) is 0 Å². The summed E-state index contributed by atoms with van der Waals surface area (Å²) in [5, 5.41) is 5.37. The second-order valence-electron chi connectivity index (χ2n) is 5.98. The van der Waals surface area contributed by atoms with Crippen molar-refractivity contribution in [2.45, 2.75) is 44.9 Å². The first-order valence-corrected chi connectivity index (χ1v) is 7.62. The molecule has 20 heavy (non-hydrogen) atoms. The summed E-state index contributed by atoms with van der Waals surface area (Å²) in [6.07, 6.45) is 7.06. The summed E-state index contributed by atoms with van der Waals surface area (Å²) in [7, 11) is 0. The Labute approximate surface area is 118 Å². The highest BCUT2D eigenvalue weighted by molar-refractivity contribution is 6.16. The molecule has 1 saturated carbocycles. The maximum absolute atomic E-state index is 12.6. The van der Waals surface area contributed by atoms with E-state index in [9.17, 15) is 14.4 Å². The number of amides is 4. The molecular formula is C14H21N3O3. The number of hydrogen-bond acceptors (Lipinski definition) is 4. The number of hydrogen-bond donors (Lipinski definition) is 1. The van der Waals surface area contributed by atoms with E-state index in [1.165, 1.54) is 5.01 Å². The van der Waals surface area contributed by atoms with Gasteiger partial charge in [0.25, 0.3) is 5.91 Å². The van der Waals surface area contributed by atoms with Gasteiger partial charge in [-0.1, -0.05) is 19.3 Å². The van der Waals surface area contributed by atoms with Gasteiger partial charge in [-0.3, -0.25) is 14.9 Å². The lowest BCUT2D eigenvalue weighted by molar-refractivity contribution is -0.157. The largest absolute Gasteiger partial charge is 0.345 e. The van der Waals surface area contributed by atoms with Gasteiger partial charge in [0.1, 0.15) is 5.92 Å². The molecule has 6 heteroatoms. The van der Waals surface area contributed by atoms with Gasteiger partial charge in [0.15, 0.2) is 0 Å². The average Bonchev–Trinajstić information content (AvgIpc) is 2.93. The van der Waals surface area contributed by atoms with Crippen molar-refractivity contribution in [1.29, 1.82) is 0 Å². The molecule has 0 radical (unpaired) electrons. The molecule has 2 aliphatic heterocycles. The Morgan fingerprint density at radius 3 is 2.20 bits per heavy atom. The molecule has 2 saturated heterocycles. The van der Waals surface area contributed by atoms with E-state index in [2.05, 4.69) is 5.32 Å². The lowest BCUT2D eigenvalue weighted by Crippen LogP contribution is -2.65. The number of rotatable bonds is 2. The predicted molar refractivity (Wildman–Crippen MR) is 71.3 cm³/mol. The van der Waals surface area contributed by atoms with Gasteiger partial charge < -0.3 is 0 Å². The molecule has 3 fully saturated rings. The van der Waals surface area contributed by atoms with E-state index in [1.807, 2.05) is 0 Å². The highest BCUT2D eigenvalue weighted by Crippen LogP contribution is 2.34. The van der Waals surface area contributed by atoms with E-state index < -0.39 is 17.9 Å². The van der Waals surface area contributed by atoms with E-state index in [1.54, 1.807) is 5.01 Å². The van der Waals surface area contributed by atoms with Gasteiger partial charge in [0.05, 0.1) is 0 Å². The molecule has 0 bridgehead atoms. The van der Waals surface area contributed by atoms with Gasteiger partial charge in [-0.05, 0) is 31.6 Å². The summed E-state index contributed by atoms with van der Waals surface area (Å²) >= 11 is 0. The molecule has 6 nitrogen and oxygen atoms in total. The van der Waals surface area contributed by atoms with Crippen molar-refractivity contribution in [3.8, 4) is 0 Å². The van der Waals surface area contributed by atoms with Crippen LogP contribution in [-0.2, 0) is 9.59 Å². The van der Waals surface area contributed by atoms with E-state index in [0.29, 0.717) is 13.1 Å². The summed E-state index contributed by atoms with van der Waals surface area (Å²) in [5.41, 5.74) is 0. The molecule has 3 aliphatic rings. The normalized spacial score (nSPS) is 29.9. The molecule has 1 unspecified atom stereocenters. The smallest absolute Gasteiger partial charge is 0.276 e. The van der Waals surface area contributed by atoms with E-state index >= 15 is 0 Å². The van der Waals surface area contributed by atoms with Crippen LogP contribution in [0.4, 0.5) is 4.79 Å². The third-order valence-electron chi connectivity index (χ3n) is 4.67. The molecule has 0 aromatic carbocycles. The highest BCUT2D eigenvalue weighted by Gasteiger charge is 2.47. The Morgan fingerprint density at radius 1 is 0.900 bits per heavy atom. The summed E-state index contributed by atoms with van der Waals surface area (Å²) in [4.78, 5) is 36.7. The number of nitrogens with one attached hydrogen (secondary N) is 1. The molecule has 3 rings (SSSR count).